The highest BCUT2D eigenvalue weighted by molar-refractivity contribution is 5.34. The van der Waals surface area contributed by atoms with E-state index in [2.05, 4.69) is 18.7 Å². The lowest BCUT2D eigenvalue weighted by Crippen LogP contribution is -2.23. The van der Waals surface area contributed by atoms with Crippen LogP contribution in [-0.2, 0) is 6.54 Å². The standard InChI is InChI=1S/C14H19FN2/c1-4-11(2)9-17(3)10-12-5-6-14(15)13(7-12)8-16/h5-7,11H,4,9-10H2,1-3H3. The molecule has 0 aromatic heterocycles. The first kappa shape index (κ1) is 13.7. The molecule has 1 rings (SSSR count). The molecule has 0 saturated heterocycles. The molecule has 0 heterocycles. The Morgan fingerprint density at radius 3 is 2.76 bits per heavy atom. The van der Waals surface area contributed by atoms with Crippen LogP contribution < -0.4 is 0 Å². The largest absolute Gasteiger partial charge is 0.302 e. The van der Waals surface area contributed by atoms with Crippen molar-refractivity contribution < 1.29 is 4.39 Å². The molecule has 0 amide bonds. The van der Waals surface area contributed by atoms with Crippen LogP contribution in [0.25, 0.3) is 0 Å². The molecule has 0 spiro atoms. The highest BCUT2D eigenvalue weighted by atomic mass is 19.1. The van der Waals surface area contributed by atoms with Gasteiger partial charge >= 0.3 is 0 Å². The number of nitriles is 1. The molecule has 92 valence electrons. The van der Waals surface area contributed by atoms with Gasteiger partial charge in [-0.3, -0.25) is 0 Å². The summed E-state index contributed by atoms with van der Waals surface area (Å²) in [6, 6.07) is 6.60. The molecule has 1 atom stereocenters. The van der Waals surface area contributed by atoms with E-state index in [1.165, 1.54) is 6.07 Å². The van der Waals surface area contributed by atoms with Gasteiger partial charge in [0.2, 0.25) is 0 Å². The minimum atomic E-state index is -0.444. The molecule has 0 aliphatic carbocycles. The monoisotopic (exact) mass is 234 g/mol. The summed E-state index contributed by atoms with van der Waals surface area (Å²) < 4.78 is 13.1. The van der Waals surface area contributed by atoms with Gasteiger partial charge in [0.1, 0.15) is 11.9 Å². The first-order chi connectivity index (χ1) is 8.06. The lowest BCUT2D eigenvalue weighted by molar-refractivity contribution is 0.275. The minimum absolute atomic E-state index is 0.124. The molecular weight excluding hydrogens is 215 g/mol. The molecular formula is C14H19FN2. The lowest BCUT2D eigenvalue weighted by Gasteiger charge is -2.20. The number of rotatable bonds is 5. The van der Waals surface area contributed by atoms with Gasteiger partial charge in [-0.15, -0.1) is 0 Å². The van der Waals surface area contributed by atoms with E-state index in [4.69, 9.17) is 5.26 Å². The normalized spacial score (nSPS) is 12.5. The van der Waals surface area contributed by atoms with Gasteiger partial charge in [0.15, 0.2) is 0 Å². The van der Waals surface area contributed by atoms with E-state index in [1.807, 2.05) is 13.1 Å². The second kappa shape index (κ2) is 6.36. The van der Waals surface area contributed by atoms with Crippen molar-refractivity contribution in [3.05, 3.63) is 35.1 Å². The Balaban J connectivity index is 2.66. The Labute approximate surface area is 103 Å². The summed E-state index contributed by atoms with van der Waals surface area (Å²) in [6.07, 6.45) is 1.15. The molecule has 0 N–H and O–H groups in total. The van der Waals surface area contributed by atoms with Crippen LogP contribution in [0.1, 0.15) is 31.4 Å². The summed E-state index contributed by atoms with van der Waals surface area (Å²) in [6.45, 7) is 6.14. The maximum absolute atomic E-state index is 13.1. The Kier molecular flexibility index (Phi) is 5.11. The van der Waals surface area contributed by atoms with Crippen molar-refractivity contribution in [3.8, 4) is 6.07 Å². The Morgan fingerprint density at radius 2 is 2.18 bits per heavy atom. The third-order valence-electron chi connectivity index (χ3n) is 2.92. The number of hydrogen-bond donors (Lipinski definition) is 0. The fraction of sp³-hybridized carbons (Fsp3) is 0.500. The molecule has 17 heavy (non-hydrogen) atoms. The molecule has 0 aliphatic rings. The average Bonchev–Trinajstić information content (AvgIpc) is 2.31. The molecule has 1 aromatic carbocycles. The van der Waals surface area contributed by atoms with E-state index in [9.17, 15) is 4.39 Å². The zero-order chi connectivity index (χ0) is 12.8. The van der Waals surface area contributed by atoms with Crippen LogP contribution in [-0.4, -0.2) is 18.5 Å². The van der Waals surface area contributed by atoms with E-state index in [1.54, 1.807) is 12.1 Å². The van der Waals surface area contributed by atoms with Gasteiger partial charge in [0.05, 0.1) is 5.56 Å². The van der Waals surface area contributed by atoms with Gasteiger partial charge in [-0.25, -0.2) is 4.39 Å². The molecule has 0 aliphatic heterocycles. The van der Waals surface area contributed by atoms with Crippen LogP contribution >= 0.6 is 0 Å². The van der Waals surface area contributed by atoms with Gasteiger partial charge in [-0.05, 0) is 30.7 Å². The van der Waals surface area contributed by atoms with Gasteiger partial charge < -0.3 is 4.90 Å². The first-order valence-electron chi connectivity index (χ1n) is 5.93. The number of benzene rings is 1. The summed E-state index contributed by atoms with van der Waals surface area (Å²) in [5.74, 6) is 0.205. The highest BCUT2D eigenvalue weighted by Gasteiger charge is 2.07. The van der Waals surface area contributed by atoms with Crippen molar-refractivity contribution in [3.63, 3.8) is 0 Å². The Hall–Kier alpha value is -1.40. The number of nitrogens with zero attached hydrogens (tertiary/aromatic N) is 2. The smallest absolute Gasteiger partial charge is 0.140 e. The molecule has 1 aromatic rings. The second-order valence-electron chi connectivity index (χ2n) is 4.64. The van der Waals surface area contributed by atoms with Crippen molar-refractivity contribution in [1.29, 1.82) is 5.26 Å². The van der Waals surface area contributed by atoms with Crippen molar-refractivity contribution in [2.24, 2.45) is 5.92 Å². The van der Waals surface area contributed by atoms with Crippen molar-refractivity contribution in [1.82, 2.24) is 4.90 Å². The molecule has 2 nitrogen and oxygen atoms in total. The van der Waals surface area contributed by atoms with Gasteiger partial charge in [0.25, 0.3) is 0 Å². The van der Waals surface area contributed by atoms with Crippen LogP contribution in [0.4, 0.5) is 4.39 Å². The maximum atomic E-state index is 13.1. The molecule has 1 unspecified atom stereocenters. The summed E-state index contributed by atoms with van der Waals surface area (Å²) in [5.41, 5.74) is 1.10. The van der Waals surface area contributed by atoms with Crippen molar-refractivity contribution in [2.45, 2.75) is 26.8 Å². The van der Waals surface area contributed by atoms with Crippen LogP contribution in [0.2, 0.25) is 0 Å². The summed E-state index contributed by atoms with van der Waals surface area (Å²) in [7, 11) is 2.04. The van der Waals surface area contributed by atoms with E-state index >= 15 is 0 Å². The Morgan fingerprint density at radius 1 is 1.47 bits per heavy atom. The minimum Gasteiger partial charge on any atom is -0.302 e. The molecule has 0 saturated carbocycles. The third kappa shape index (κ3) is 4.16. The molecule has 0 radical (unpaired) electrons. The zero-order valence-corrected chi connectivity index (χ0v) is 10.7. The van der Waals surface area contributed by atoms with Gasteiger partial charge in [-0.2, -0.15) is 5.26 Å². The van der Waals surface area contributed by atoms with E-state index in [-0.39, 0.29) is 5.56 Å². The fourth-order valence-electron chi connectivity index (χ4n) is 1.79. The van der Waals surface area contributed by atoms with Gasteiger partial charge in [-0.1, -0.05) is 26.3 Å². The third-order valence-corrected chi connectivity index (χ3v) is 2.92. The van der Waals surface area contributed by atoms with Crippen LogP contribution in [0.15, 0.2) is 18.2 Å². The summed E-state index contributed by atoms with van der Waals surface area (Å²) >= 11 is 0. The number of hydrogen-bond acceptors (Lipinski definition) is 2. The van der Waals surface area contributed by atoms with Crippen molar-refractivity contribution >= 4 is 0 Å². The summed E-state index contributed by atoms with van der Waals surface area (Å²) in [5, 5.41) is 8.76. The SMILES string of the molecule is CCC(C)CN(C)Cc1ccc(F)c(C#N)c1. The van der Waals surface area contributed by atoms with Gasteiger partial charge in [0, 0.05) is 13.1 Å². The quantitative estimate of drug-likeness (QED) is 0.782. The predicted molar refractivity (Wildman–Crippen MR) is 66.9 cm³/mol. The Bertz CT molecular complexity index is 409. The van der Waals surface area contributed by atoms with Crippen LogP contribution in [0, 0.1) is 23.1 Å². The lowest BCUT2D eigenvalue weighted by atomic mass is 10.1. The van der Waals surface area contributed by atoms with Crippen LogP contribution in [0.3, 0.4) is 0 Å². The molecule has 0 fully saturated rings. The molecule has 0 bridgehead atoms. The van der Waals surface area contributed by atoms with E-state index < -0.39 is 5.82 Å². The maximum Gasteiger partial charge on any atom is 0.140 e. The first-order valence-corrected chi connectivity index (χ1v) is 5.93. The predicted octanol–water partition coefficient (Wildman–Crippen LogP) is 3.18. The molecule has 3 heteroatoms. The average molecular weight is 234 g/mol. The van der Waals surface area contributed by atoms with Crippen LogP contribution in [0.5, 0.6) is 0 Å². The fourth-order valence-corrected chi connectivity index (χ4v) is 1.79. The summed E-state index contributed by atoms with van der Waals surface area (Å²) in [4.78, 5) is 2.20. The topological polar surface area (TPSA) is 27.0 Å². The second-order valence-corrected chi connectivity index (χ2v) is 4.64. The van der Waals surface area contributed by atoms with E-state index in [0.717, 1.165) is 25.1 Å². The van der Waals surface area contributed by atoms with E-state index in [0.29, 0.717) is 5.92 Å². The highest BCUT2D eigenvalue weighted by Crippen LogP contribution is 2.12. The zero-order valence-electron chi connectivity index (χ0n) is 10.7. The van der Waals surface area contributed by atoms with Crippen molar-refractivity contribution in [2.75, 3.05) is 13.6 Å². The number of halogens is 1.